The molecular formula is C5H16Cl2InN. The maximum Gasteiger partial charge on any atom is -0.147 e. The summed E-state index contributed by atoms with van der Waals surface area (Å²) in [7, 11) is 4.32. The van der Waals surface area contributed by atoms with Crippen LogP contribution in [0, 0.1) is 0 Å². The first-order valence-electron chi connectivity index (χ1n) is 2.85. The fourth-order valence-corrected chi connectivity index (χ4v) is 0.365. The Morgan fingerprint density at radius 1 is 1.33 bits per heavy atom. The van der Waals surface area contributed by atoms with Gasteiger partial charge < -0.3 is 0 Å². The molecule has 0 aromatic carbocycles. The van der Waals surface area contributed by atoms with Gasteiger partial charge in [-0.25, -0.2) is 0 Å². The van der Waals surface area contributed by atoms with Crippen LogP contribution in [-0.2, 0) is 0 Å². The van der Waals surface area contributed by atoms with E-state index >= 15 is 0 Å². The van der Waals surface area contributed by atoms with Crippen molar-refractivity contribution in [2.75, 3.05) is 14.1 Å². The second kappa shape index (κ2) is 9.41. The van der Waals surface area contributed by atoms with E-state index in [0.29, 0.717) is 0 Å². The van der Waals surface area contributed by atoms with Crippen LogP contribution in [0.4, 0.5) is 0 Å². The molecule has 1 unspecified atom stereocenters. The van der Waals surface area contributed by atoms with Crippen molar-refractivity contribution in [2.45, 2.75) is 17.1 Å². The third kappa shape index (κ3) is 9.41. The Bertz CT molecular complexity index is 52.2. The van der Waals surface area contributed by atoms with Crippen LogP contribution in [0.1, 0.15) is 13.3 Å². The molecule has 9 heavy (non-hydrogen) atoms. The molecule has 0 bridgehead atoms. The van der Waals surface area contributed by atoms with Gasteiger partial charge in [0, 0.05) is 0 Å². The molecule has 0 radical (unpaired) electrons. The van der Waals surface area contributed by atoms with Gasteiger partial charge in [0.15, 0.2) is 0 Å². The van der Waals surface area contributed by atoms with Gasteiger partial charge in [-0.3, -0.25) is 0 Å². The van der Waals surface area contributed by atoms with E-state index in [1.54, 1.807) is 0 Å². The smallest absolute Gasteiger partial charge is 0.147 e. The van der Waals surface area contributed by atoms with Gasteiger partial charge in [-0.2, -0.15) is 0 Å². The number of halogens is 2. The summed E-state index contributed by atoms with van der Waals surface area (Å²) in [5.41, 5.74) is 0. The van der Waals surface area contributed by atoms with Crippen molar-refractivity contribution in [3.63, 3.8) is 0 Å². The molecule has 4 heteroatoms. The molecule has 0 aliphatic heterocycles. The van der Waals surface area contributed by atoms with Crippen LogP contribution in [-0.4, -0.2) is 47.2 Å². The van der Waals surface area contributed by atoms with Gasteiger partial charge in [0.25, 0.3) is 0 Å². The molecule has 58 valence electrons. The van der Waals surface area contributed by atoms with Crippen molar-refractivity contribution in [3.8, 4) is 0 Å². The number of rotatable bonds is 2. The average Bonchev–Trinajstić information content (AvgIpc) is 1.65. The van der Waals surface area contributed by atoms with Gasteiger partial charge in [0.2, 0.25) is 0 Å². The van der Waals surface area contributed by atoms with Crippen molar-refractivity contribution < 1.29 is 0 Å². The Hall–Kier alpha value is 1.41. The maximum atomic E-state index is 2.32. The number of nitrogens with zero attached hydrogens (tertiary/aromatic N) is 1. The molecule has 0 rings (SSSR count). The topological polar surface area (TPSA) is 3.24 Å². The first kappa shape index (κ1) is 16.8. The zero-order chi connectivity index (χ0) is 5.86. The van der Waals surface area contributed by atoms with Crippen molar-refractivity contribution in [2.24, 2.45) is 0 Å². The van der Waals surface area contributed by atoms with Gasteiger partial charge in [-0.1, -0.05) is 0 Å². The zero-order valence-electron chi connectivity index (χ0n) is 6.55. The van der Waals surface area contributed by atoms with Gasteiger partial charge >= 0.3 is 60.5 Å². The van der Waals surface area contributed by atoms with Gasteiger partial charge in [-0.05, 0) is 0 Å². The first-order chi connectivity index (χ1) is 3.18. The molecule has 0 aliphatic carbocycles. The summed E-state index contributed by atoms with van der Waals surface area (Å²) >= 11 is 0.828. The van der Waals surface area contributed by atoms with E-state index in [4.69, 9.17) is 0 Å². The minimum absolute atomic E-state index is 0. The molecule has 0 aromatic rings. The Labute approximate surface area is 85.0 Å². The minimum atomic E-state index is 0. The van der Waals surface area contributed by atoms with E-state index in [1.165, 1.54) is 6.42 Å². The third-order valence-electron chi connectivity index (χ3n) is 1.47. The molecule has 0 spiro atoms. The molecule has 1 nitrogen and oxygen atoms in total. The second-order valence-corrected chi connectivity index (χ2v) is 6.03. The van der Waals surface area contributed by atoms with Crippen molar-refractivity contribution in [1.29, 1.82) is 0 Å². The summed E-state index contributed by atoms with van der Waals surface area (Å²) in [4.78, 5) is 2.32. The van der Waals surface area contributed by atoms with E-state index in [-0.39, 0.29) is 24.8 Å². The molecule has 0 aromatic heterocycles. The largest absolute Gasteiger partial charge is 0.147 e. The summed E-state index contributed by atoms with van der Waals surface area (Å²) in [6, 6.07) is 0. The summed E-state index contributed by atoms with van der Waals surface area (Å²) in [5.74, 6) is 0. The summed E-state index contributed by atoms with van der Waals surface area (Å²) in [6.07, 6.45) is 1.34. The summed E-state index contributed by atoms with van der Waals surface area (Å²) < 4.78 is 0.946. The Morgan fingerprint density at radius 3 is 1.67 bits per heavy atom. The van der Waals surface area contributed by atoms with Crippen LogP contribution in [0.5, 0.6) is 0 Å². The molecule has 0 N–H and O–H groups in total. The van der Waals surface area contributed by atoms with Crippen LogP contribution in [0.3, 0.4) is 0 Å². The first-order valence-corrected chi connectivity index (χ1v) is 6.14. The van der Waals surface area contributed by atoms with Crippen LogP contribution in [0.25, 0.3) is 0 Å². The Balaban J connectivity index is -0.000000180. The molecule has 0 aliphatic rings. The predicted molar refractivity (Wildman–Crippen MR) is 50.8 cm³/mol. The minimum Gasteiger partial charge on any atom is -0.147 e. The number of hydrogen-bond acceptors (Lipinski definition) is 1. The normalized spacial score (nSPS) is 11.6. The van der Waals surface area contributed by atoms with Gasteiger partial charge in [-0.15, -0.1) is 24.8 Å². The quantitative estimate of drug-likeness (QED) is 0.719. The fraction of sp³-hybridized carbons (Fsp3) is 1.00. The average molecular weight is 276 g/mol. The van der Waals surface area contributed by atoms with Gasteiger partial charge in [0.1, 0.15) is 0 Å². The summed E-state index contributed by atoms with van der Waals surface area (Å²) in [5, 5.41) is 0. The van der Waals surface area contributed by atoms with E-state index in [2.05, 4.69) is 25.9 Å². The van der Waals surface area contributed by atoms with Crippen LogP contribution in [0.15, 0.2) is 0 Å². The van der Waals surface area contributed by atoms with Crippen LogP contribution >= 0.6 is 24.8 Å². The summed E-state index contributed by atoms with van der Waals surface area (Å²) in [6.45, 7) is 2.25. The van der Waals surface area contributed by atoms with E-state index < -0.39 is 0 Å². The van der Waals surface area contributed by atoms with Crippen molar-refractivity contribution >= 4 is 49.2 Å². The van der Waals surface area contributed by atoms with Gasteiger partial charge in [0.05, 0.1) is 0 Å². The van der Waals surface area contributed by atoms with Crippen molar-refractivity contribution in [1.82, 2.24) is 4.90 Å². The van der Waals surface area contributed by atoms with E-state index in [1.807, 2.05) is 0 Å². The Morgan fingerprint density at radius 2 is 1.67 bits per heavy atom. The second-order valence-electron chi connectivity index (χ2n) is 2.22. The molecule has 0 heterocycles. The van der Waals surface area contributed by atoms with E-state index in [9.17, 15) is 0 Å². The monoisotopic (exact) mass is 275 g/mol. The third-order valence-corrected chi connectivity index (χ3v) is 6.75. The predicted octanol–water partition coefficient (Wildman–Crippen LogP) is 0.761. The number of hydrogen-bond donors (Lipinski definition) is 0. The molecule has 0 amide bonds. The van der Waals surface area contributed by atoms with Crippen molar-refractivity contribution in [3.05, 3.63) is 0 Å². The fourth-order valence-electron chi connectivity index (χ4n) is 0.365. The Kier molecular flexibility index (Phi) is 17.6. The van der Waals surface area contributed by atoms with Crippen LogP contribution < -0.4 is 0 Å². The van der Waals surface area contributed by atoms with E-state index in [0.717, 1.165) is 28.2 Å². The zero-order valence-corrected chi connectivity index (χ0v) is 13.9. The molecular weight excluding hydrogens is 260 g/mol. The molecule has 1 atom stereocenters. The molecule has 0 fully saturated rings. The molecule has 0 saturated heterocycles. The van der Waals surface area contributed by atoms with Crippen LogP contribution in [0.2, 0.25) is 0 Å². The SMILES string of the molecule is CC[CH]([InH2])N(C)C.Cl.Cl. The maximum absolute atomic E-state index is 2.32. The standard InChI is InChI=1S/C5H12N.2ClH.In.2H/c1-4-5-6(2)3;;;;;/h5H,4H2,1-3H3;2*1H;;;. The molecule has 0 saturated carbocycles.